The summed E-state index contributed by atoms with van der Waals surface area (Å²) in [6.07, 6.45) is 0.948. The summed E-state index contributed by atoms with van der Waals surface area (Å²) in [4.78, 5) is 12.1. The second kappa shape index (κ2) is 3.69. The minimum Gasteiger partial charge on any atom is -0.480 e. The maximum atomic E-state index is 10.3. The van der Waals surface area contributed by atoms with Crippen molar-refractivity contribution >= 4 is 5.97 Å². The van der Waals surface area contributed by atoms with Crippen molar-refractivity contribution in [2.24, 2.45) is 0 Å². The zero-order chi connectivity index (χ0) is 8.27. The van der Waals surface area contributed by atoms with Crippen LogP contribution in [0.3, 0.4) is 0 Å². The molecule has 4 heteroatoms. The summed E-state index contributed by atoms with van der Waals surface area (Å²) in [5.41, 5.74) is 0. The zero-order valence-electron chi connectivity index (χ0n) is 6.62. The second-order valence-corrected chi connectivity index (χ2v) is 2.83. The van der Waals surface area contributed by atoms with Crippen molar-refractivity contribution in [1.82, 2.24) is 4.90 Å². The highest BCUT2D eigenvalue weighted by molar-refractivity contribution is 5.69. The van der Waals surface area contributed by atoms with Crippen LogP contribution in [0.2, 0.25) is 0 Å². The van der Waals surface area contributed by atoms with Gasteiger partial charge in [0.15, 0.2) is 0 Å². The van der Waals surface area contributed by atoms with Crippen LogP contribution >= 0.6 is 0 Å². The van der Waals surface area contributed by atoms with E-state index in [2.05, 4.69) is 0 Å². The first-order valence-electron chi connectivity index (χ1n) is 3.70. The highest BCUT2D eigenvalue weighted by atomic mass is 16.5. The molecular formula is C7H13NO3. The summed E-state index contributed by atoms with van der Waals surface area (Å²) in [7, 11) is 1.81. The van der Waals surface area contributed by atoms with Gasteiger partial charge >= 0.3 is 5.97 Å². The van der Waals surface area contributed by atoms with Crippen LogP contribution in [0.1, 0.15) is 6.42 Å². The third-order valence-electron chi connectivity index (χ3n) is 1.91. The van der Waals surface area contributed by atoms with E-state index in [-0.39, 0.29) is 6.54 Å². The summed E-state index contributed by atoms with van der Waals surface area (Å²) >= 11 is 0. The normalized spacial score (nSPS) is 24.4. The molecule has 0 spiro atoms. The highest BCUT2D eigenvalue weighted by Crippen LogP contribution is 2.09. The lowest BCUT2D eigenvalue weighted by Gasteiger charge is -2.19. The van der Waals surface area contributed by atoms with Crippen molar-refractivity contribution in [3.05, 3.63) is 0 Å². The first-order valence-corrected chi connectivity index (χ1v) is 3.70. The fourth-order valence-electron chi connectivity index (χ4n) is 1.21. The maximum Gasteiger partial charge on any atom is 0.317 e. The number of aliphatic carboxylic acids is 1. The maximum absolute atomic E-state index is 10.3. The van der Waals surface area contributed by atoms with E-state index in [1.54, 1.807) is 0 Å². The molecule has 1 atom stereocenters. The van der Waals surface area contributed by atoms with Gasteiger partial charge in [0.05, 0.1) is 13.2 Å². The second-order valence-electron chi connectivity index (χ2n) is 2.83. The lowest BCUT2D eigenvalue weighted by Crippen LogP contribution is -2.35. The summed E-state index contributed by atoms with van der Waals surface area (Å²) in [5.74, 6) is -0.778. The molecule has 1 aliphatic heterocycles. The Bertz CT molecular complexity index is 143. The van der Waals surface area contributed by atoms with E-state index in [1.807, 2.05) is 11.9 Å². The van der Waals surface area contributed by atoms with Gasteiger partial charge in [0.1, 0.15) is 0 Å². The molecule has 11 heavy (non-hydrogen) atoms. The van der Waals surface area contributed by atoms with Crippen molar-refractivity contribution < 1.29 is 14.6 Å². The van der Waals surface area contributed by atoms with Gasteiger partial charge in [-0.25, -0.2) is 0 Å². The number of hydrogen-bond donors (Lipinski definition) is 1. The van der Waals surface area contributed by atoms with E-state index in [4.69, 9.17) is 9.84 Å². The third kappa shape index (κ3) is 2.48. The Morgan fingerprint density at radius 3 is 3.00 bits per heavy atom. The summed E-state index contributed by atoms with van der Waals surface area (Å²) in [6, 6.07) is 0.297. The summed E-state index contributed by atoms with van der Waals surface area (Å²) < 4.78 is 5.13. The predicted molar refractivity (Wildman–Crippen MR) is 39.5 cm³/mol. The molecule has 1 rings (SSSR count). The molecule has 0 aromatic carbocycles. The highest BCUT2D eigenvalue weighted by Gasteiger charge is 2.21. The largest absolute Gasteiger partial charge is 0.480 e. The Morgan fingerprint density at radius 2 is 2.55 bits per heavy atom. The first-order chi connectivity index (χ1) is 5.20. The van der Waals surface area contributed by atoms with Crippen LogP contribution in [0.25, 0.3) is 0 Å². The molecule has 64 valence electrons. The number of nitrogens with zero attached hydrogens (tertiary/aromatic N) is 1. The van der Waals surface area contributed by atoms with E-state index < -0.39 is 5.97 Å². The van der Waals surface area contributed by atoms with Gasteiger partial charge in [0.25, 0.3) is 0 Å². The monoisotopic (exact) mass is 159 g/mol. The van der Waals surface area contributed by atoms with E-state index in [9.17, 15) is 4.79 Å². The molecular weight excluding hydrogens is 146 g/mol. The minimum atomic E-state index is -0.778. The van der Waals surface area contributed by atoms with E-state index in [0.29, 0.717) is 12.6 Å². The number of carboxylic acids is 1. The van der Waals surface area contributed by atoms with Crippen LogP contribution in [0, 0.1) is 0 Å². The Morgan fingerprint density at radius 1 is 1.82 bits per heavy atom. The molecule has 0 saturated carbocycles. The van der Waals surface area contributed by atoms with E-state index in [1.165, 1.54) is 0 Å². The molecule has 1 saturated heterocycles. The topological polar surface area (TPSA) is 49.8 Å². The van der Waals surface area contributed by atoms with Gasteiger partial charge in [0, 0.05) is 12.6 Å². The predicted octanol–water partition coefficient (Wildman–Crippen LogP) is -0.208. The lowest BCUT2D eigenvalue weighted by atomic mass is 10.2. The van der Waals surface area contributed by atoms with Crippen molar-refractivity contribution in [2.45, 2.75) is 12.5 Å². The molecule has 1 aliphatic rings. The van der Waals surface area contributed by atoms with Gasteiger partial charge in [-0.3, -0.25) is 9.69 Å². The molecule has 0 aromatic rings. The third-order valence-corrected chi connectivity index (χ3v) is 1.91. The van der Waals surface area contributed by atoms with Gasteiger partial charge in [-0.1, -0.05) is 0 Å². The Hall–Kier alpha value is -0.610. The number of carbonyl (C=O) groups is 1. The molecule has 1 heterocycles. The average molecular weight is 159 g/mol. The number of hydrogen-bond acceptors (Lipinski definition) is 3. The number of ether oxygens (including phenoxy) is 1. The standard InChI is InChI=1S/C7H13NO3/c1-8(4-7(9)10)6-2-3-11-5-6/h6H,2-5H2,1H3,(H,9,10). The smallest absolute Gasteiger partial charge is 0.317 e. The summed E-state index contributed by atoms with van der Waals surface area (Å²) in [5, 5.41) is 8.46. The van der Waals surface area contributed by atoms with E-state index >= 15 is 0 Å². The molecule has 1 unspecified atom stereocenters. The number of carboxylic acid groups (broad SMARTS) is 1. The Balaban J connectivity index is 2.28. The lowest BCUT2D eigenvalue weighted by molar-refractivity contribution is -0.138. The van der Waals surface area contributed by atoms with Gasteiger partial charge < -0.3 is 9.84 Å². The van der Waals surface area contributed by atoms with Crippen molar-refractivity contribution in [3.63, 3.8) is 0 Å². The van der Waals surface area contributed by atoms with Crippen LogP contribution in [0.15, 0.2) is 0 Å². The van der Waals surface area contributed by atoms with Crippen LogP contribution in [0.4, 0.5) is 0 Å². The minimum absolute atomic E-state index is 0.105. The molecule has 0 aliphatic carbocycles. The SMILES string of the molecule is CN(CC(=O)O)C1CCOC1. The average Bonchev–Trinajstić information content (AvgIpc) is 2.35. The van der Waals surface area contributed by atoms with Crippen molar-refractivity contribution in [1.29, 1.82) is 0 Å². The van der Waals surface area contributed by atoms with Crippen LogP contribution in [-0.4, -0.2) is 48.8 Å². The van der Waals surface area contributed by atoms with Gasteiger partial charge in [-0.15, -0.1) is 0 Å². The number of rotatable bonds is 3. The Labute approximate surface area is 65.8 Å². The van der Waals surface area contributed by atoms with Gasteiger partial charge in [-0.2, -0.15) is 0 Å². The molecule has 0 radical (unpaired) electrons. The molecule has 0 bridgehead atoms. The molecule has 1 fully saturated rings. The van der Waals surface area contributed by atoms with Crippen LogP contribution < -0.4 is 0 Å². The molecule has 0 aromatic heterocycles. The zero-order valence-corrected chi connectivity index (χ0v) is 6.62. The van der Waals surface area contributed by atoms with Crippen LogP contribution in [0.5, 0.6) is 0 Å². The Kier molecular flexibility index (Phi) is 2.84. The first kappa shape index (κ1) is 8.49. The fraction of sp³-hybridized carbons (Fsp3) is 0.857. The van der Waals surface area contributed by atoms with Gasteiger partial charge in [-0.05, 0) is 13.5 Å². The quantitative estimate of drug-likeness (QED) is 0.619. The van der Waals surface area contributed by atoms with Crippen molar-refractivity contribution in [3.8, 4) is 0 Å². The fourth-order valence-corrected chi connectivity index (χ4v) is 1.21. The van der Waals surface area contributed by atoms with Crippen molar-refractivity contribution in [2.75, 3.05) is 26.8 Å². The van der Waals surface area contributed by atoms with Gasteiger partial charge in [0.2, 0.25) is 0 Å². The molecule has 1 N–H and O–H groups in total. The summed E-state index contributed by atoms with van der Waals surface area (Å²) in [6.45, 7) is 1.53. The molecule has 4 nitrogen and oxygen atoms in total. The van der Waals surface area contributed by atoms with E-state index in [0.717, 1.165) is 13.0 Å². The number of likely N-dealkylation sites (N-methyl/N-ethyl adjacent to an activating group) is 1. The van der Waals surface area contributed by atoms with Crippen LogP contribution in [-0.2, 0) is 9.53 Å². The molecule has 0 amide bonds.